The maximum Gasteiger partial charge on any atom is 0.197 e. The van der Waals surface area contributed by atoms with Gasteiger partial charge in [0, 0.05) is 15.6 Å². The second-order valence-electron chi connectivity index (χ2n) is 5.39. The fourth-order valence-electron chi connectivity index (χ4n) is 2.86. The Bertz CT molecular complexity index is 766. The highest BCUT2D eigenvalue weighted by molar-refractivity contribution is 9.10. The van der Waals surface area contributed by atoms with E-state index in [2.05, 4.69) is 15.9 Å². The lowest BCUT2D eigenvalue weighted by atomic mass is 9.71. The summed E-state index contributed by atoms with van der Waals surface area (Å²) in [5.41, 5.74) is 0.695. The third-order valence-electron chi connectivity index (χ3n) is 4.06. The van der Waals surface area contributed by atoms with Gasteiger partial charge in [-0.2, -0.15) is 0 Å². The molecule has 110 valence electrons. The Morgan fingerprint density at radius 1 is 0.955 bits per heavy atom. The van der Waals surface area contributed by atoms with Gasteiger partial charge in [-0.05, 0) is 31.2 Å². The summed E-state index contributed by atoms with van der Waals surface area (Å²) in [5.74, 6) is -1.83. The number of halogens is 1. The molecular weight excluding hydrogens is 344 g/mol. The molecule has 0 aliphatic heterocycles. The van der Waals surface area contributed by atoms with E-state index in [1.165, 1.54) is 0 Å². The lowest BCUT2D eigenvalue weighted by Gasteiger charge is -2.28. The van der Waals surface area contributed by atoms with Gasteiger partial charge in [-0.3, -0.25) is 14.4 Å². The number of benzene rings is 1. The molecule has 0 aromatic heterocycles. The SMILES string of the molecule is CC1=C(C(=O)c2ccc(Br)cc2)C(=O)C2C=CC=CC2C1=O. The number of rotatable bonds is 2. The molecule has 0 bridgehead atoms. The molecule has 0 saturated carbocycles. The minimum absolute atomic E-state index is 0.0218. The third kappa shape index (κ3) is 2.33. The maximum atomic E-state index is 12.7. The predicted octanol–water partition coefficient (Wildman–Crippen LogP) is 3.46. The summed E-state index contributed by atoms with van der Waals surface area (Å²) in [4.78, 5) is 37.8. The van der Waals surface area contributed by atoms with Crippen molar-refractivity contribution in [3.63, 3.8) is 0 Å². The van der Waals surface area contributed by atoms with E-state index in [4.69, 9.17) is 0 Å². The molecule has 1 aromatic rings. The van der Waals surface area contributed by atoms with E-state index >= 15 is 0 Å². The molecule has 2 atom stereocenters. The smallest absolute Gasteiger partial charge is 0.197 e. The van der Waals surface area contributed by atoms with Crippen molar-refractivity contribution in [3.05, 3.63) is 69.8 Å². The highest BCUT2D eigenvalue weighted by Crippen LogP contribution is 2.34. The van der Waals surface area contributed by atoms with Crippen LogP contribution in [0.3, 0.4) is 0 Å². The van der Waals surface area contributed by atoms with Gasteiger partial charge in [0.1, 0.15) is 0 Å². The van der Waals surface area contributed by atoms with E-state index in [1.54, 1.807) is 55.5 Å². The van der Waals surface area contributed by atoms with Crippen LogP contribution >= 0.6 is 15.9 Å². The highest BCUT2D eigenvalue weighted by atomic mass is 79.9. The summed E-state index contributed by atoms with van der Waals surface area (Å²) in [6, 6.07) is 6.77. The zero-order valence-electron chi connectivity index (χ0n) is 11.9. The number of allylic oxidation sites excluding steroid dienone is 6. The van der Waals surface area contributed by atoms with E-state index in [0.717, 1.165) is 4.47 Å². The second kappa shape index (κ2) is 5.61. The maximum absolute atomic E-state index is 12.7. The van der Waals surface area contributed by atoms with Crippen LogP contribution in [0.15, 0.2) is 64.2 Å². The lowest BCUT2D eigenvalue weighted by molar-refractivity contribution is -0.127. The van der Waals surface area contributed by atoms with Crippen molar-refractivity contribution >= 4 is 33.3 Å². The number of Topliss-reactive ketones (excluding diaryl/α,β-unsaturated/α-hetero) is 3. The Morgan fingerprint density at radius 2 is 1.50 bits per heavy atom. The predicted molar refractivity (Wildman–Crippen MR) is 86.4 cm³/mol. The molecule has 22 heavy (non-hydrogen) atoms. The molecule has 2 aliphatic rings. The molecule has 3 nitrogen and oxygen atoms in total. The van der Waals surface area contributed by atoms with Crippen LogP contribution in [-0.2, 0) is 9.59 Å². The van der Waals surface area contributed by atoms with Crippen LogP contribution in [0.25, 0.3) is 0 Å². The van der Waals surface area contributed by atoms with E-state index in [1.807, 2.05) is 0 Å². The van der Waals surface area contributed by atoms with Gasteiger partial charge in [0.05, 0.1) is 17.4 Å². The summed E-state index contributed by atoms with van der Waals surface area (Å²) in [7, 11) is 0. The molecule has 4 heteroatoms. The van der Waals surface area contributed by atoms with Crippen molar-refractivity contribution in [3.8, 4) is 0 Å². The zero-order chi connectivity index (χ0) is 15.9. The van der Waals surface area contributed by atoms with E-state index in [-0.39, 0.29) is 28.5 Å². The lowest BCUT2D eigenvalue weighted by Crippen LogP contribution is -2.38. The van der Waals surface area contributed by atoms with Crippen LogP contribution in [0.1, 0.15) is 17.3 Å². The number of fused-ring (bicyclic) bond motifs is 1. The first-order valence-corrected chi connectivity index (χ1v) is 7.74. The van der Waals surface area contributed by atoms with Gasteiger partial charge < -0.3 is 0 Å². The van der Waals surface area contributed by atoms with E-state index in [0.29, 0.717) is 5.56 Å². The largest absolute Gasteiger partial charge is 0.294 e. The van der Waals surface area contributed by atoms with Crippen molar-refractivity contribution in [1.29, 1.82) is 0 Å². The summed E-state index contributed by atoms with van der Waals surface area (Å²) in [5, 5.41) is 0. The number of carbonyl (C=O) groups is 3. The van der Waals surface area contributed by atoms with Gasteiger partial charge in [0.2, 0.25) is 0 Å². The van der Waals surface area contributed by atoms with Crippen molar-refractivity contribution in [2.24, 2.45) is 11.8 Å². The van der Waals surface area contributed by atoms with Gasteiger partial charge in [-0.15, -0.1) is 0 Å². The monoisotopic (exact) mass is 356 g/mol. The molecule has 0 radical (unpaired) electrons. The molecular formula is C18H13BrO3. The van der Waals surface area contributed by atoms with E-state index < -0.39 is 11.8 Å². The van der Waals surface area contributed by atoms with Crippen LogP contribution in [0.2, 0.25) is 0 Å². The van der Waals surface area contributed by atoms with E-state index in [9.17, 15) is 14.4 Å². The molecule has 0 fully saturated rings. The van der Waals surface area contributed by atoms with Crippen molar-refractivity contribution in [2.45, 2.75) is 6.92 Å². The molecule has 0 amide bonds. The molecule has 3 rings (SSSR count). The fraction of sp³-hybridized carbons (Fsp3) is 0.167. The summed E-state index contributed by atoms with van der Waals surface area (Å²) < 4.78 is 0.848. The fourth-order valence-corrected chi connectivity index (χ4v) is 3.12. The topological polar surface area (TPSA) is 51.2 Å². The highest BCUT2D eigenvalue weighted by Gasteiger charge is 2.41. The first-order valence-electron chi connectivity index (χ1n) is 6.95. The first-order chi connectivity index (χ1) is 10.5. The zero-order valence-corrected chi connectivity index (χ0v) is 13.5. The number of hydrogen-bond acceptors (Lipinski definition) is 3. The van der Waals surface area contributed by atoms with Gasteiger partial charge in [0.25, 0.3) is 0 Å². The summed E-state index contributed by atoms with van der Waals surface area (Å²) in [6.07, 6.45) is 6.94. The Balaban J connectivity index is 2.06. The van der Waals surface area contributed by atoms with Crippen LogP contribution in [-0.4, -0.2) is 17.3 Å². The Kier molecular flexibility index (Phi) is 3.79. The van der Waals surface area contributed by atoms with Gasteiger partial charge in [-0.1, -0.05) is 40.2 Å². The van der Waals surface area contributed by atoms with Gasteiger partial charge in [0.15, 0.2) is 17.3 Å². The summed E-state index contributed by atoms with van der Waals surface area (Å²) in [6.45, 7) is 1.56. The number of hydrogen-bond donors (Lipinski definition) is 0. The minimum Gasteiger partial charge on any atom is -0.294 e. The molecule has 0 heterocycles. The first kappa shape index (κ1) is 14.9. The second-order valence-corrected chi connectivity index (χ2v) is 6.30. The number of carbonyl (C=O) groups excluding carboxylic acids is 3. The van der Waals surface area contributed by atoms with Crippen LogP contribution in [0.5, 0.6) is 0 Å². The average Bonchev–Trinajstić information content (AvgIpc) is 2.53. The Hall–Kier alpha value is -2.07. The number of ketones is 3. The van der Waals surface area contributed by atoms with Crippen LogP contribution < -0.4 is 0 Å². The molecule has 2 aliphatic carbocycles. The molecule has 2 unspecified atom stereocenters. The Labute approximate surface area is 136 Å². The standard InChI is InChI=1S/C18H13BrO3/c1-10-15(17(21)11-6-8-12(19)9-7-11)18(22)14-5-3-2-4-13(14)16(10)20/h2-9,13-14H,1H3. The molecule has 0 spiro atoms. The molecule has 0 N–H and O–H groups in total. The minimum atomic E-state index is -0.560. The van der Waals surface area contributed by atoms with Crippen LogP contribution in [0.4, 0.5) is 0 Å². The summed E-state index contributed by atoms with van der Waals surface area (Å²) >= 11 is 3.31. The van der Waals surface area contributed by atoms with Crippen molar-refractivity contribution < 1.29 is 14.4 Å². The van der Waals surface area contributed by atoms with Crippen molar-refractivity contribution in [2.75, 3.05) is 0 Å². The average molecular weight is 357 g/mol. The van der Waals surface area contributed by atoms with Gasteiger partial charge >= 0.3 is 0 Å². The Morgan fingerprint density at radius 3 is 2.09 bits per heavy atom. The van der Waals surface area contributed by atoms with Crippen LogP contribution in [0, 0.1) is 11.8 Å². The molecule has 1 aromatic carbocycles. The van der Waals surface area contributed by atoms with Gasteiger partial charge in [-0.25, -0.2) is 0 Å². The third-order valence-corrected chi connectivity index (χ3v) is 4.59. The quantitative estimate of drug-likeness (QED) is 0.602. The normalized spacial score (nSPS) is 23.7. The molecule has 0 saturated heterocycles. The van der Waals surface area contributed by atoms with Crippen molar-refractivity contribution in [1.82, 2.24) is 0 Å².